The first kappa shape index (κ1) is 12.7. The lowest BCUT2D eigenvalue weighted by atomic mass is 10.3. The molecule has 0 fully saturated rings. The molecule has 0 saturated heterocycles. The number of ether oxygens (including phenoxy) is 1. The van der Waals surface area contributed by atoms with Gasteiger partial charge in [0.2, 0.25) is 0 Å². The number of nitrogens with zero attached hydrogens (tertiary/aromatic N) is 1. The normalized spacial score (nSPS) is 12.0. The zero-order valence-corrected chi connectivity index (χ0v) is 9.20. The van der Waals surface area contributed by atoms with Gasteiger partial charge in [0.1, 0.15) is 11.3 Å². The maximum absolute atomic E-state index is 12.4. The molecule has 0 atom stereocenters. The topological polar surface area (TPSA) is 55.5 Å². The molecule has 98 valence electrons. The van der Waals surface area contributed by atoms with E-state index in [-0.39, 0.29) is 24.3 Å². The molecule has 1 heterocycles. The van der Waals surface area contributed by atoms with Crippen molar-refractivity contribution < 1.29 is 27.4 Å². The van der Waals surface area contributed by atoms with Gasteiger partial charge in [-0.05, 0) is 12.1 Å². The van der Waals surface area contributed by atoms with E-state index in [2.05, 4.69) is 9.40 Å². The minimum atomic E-state index is -4.60. The Bertz CT molecular complexity index is 536. The van der Waals surface area contributed by atoms with Crippen molar-refractivity contribution in [2.24, 2.45) is 0 Å². The molecule has 0 aliphatic rings. The molecule has 2 rings (SSSR count). The predicted octanol–water partition coefficient (Wildman–Crippen LogP) is 2.61. The second-order valence-electron chi connectivity index (χ2n) is 3.57. The number of oxazole rings is 1. The van der Waals surface area contributed by atoms with Gasteiger partial charge in [-0.3, -0.25) is 0 Å². The Labute approximate surface area is 100.0 Å². The van der Waals surface area contributed by atoms with E-state index in [1.165, 1.54) is 18.2 Å². The molecule has 0 bridgehead atoms. The average molecular weight is 261 g/mol. The highest BCUT2D eigenvalue weighted by Crippen LogP contribution is 2.32. The van der Waals surface area contributed by atoms with Crippen molar-refractivity contribution in [3.8, 4) is 5.75 Å². The van der Waals surface area contributed by atoms with Crippen LogP contribution in [-0.2, 0) is 6.18 Å². The van der Waals surface area contributed by atoms with Gasteiger partial charge >= 0.3 is 12.1 Å². The van der Waals surface area contributed by atoms with Crippen LogP contribution in [0.5, 0.6) is 5.75 Å². The Kier molecular flexibility index (Phi) is 3.42. The van der Waals surface area contributed by atoms with Gasteiger partial charge < -0.3 is 14.3 Å². The zero-order chi connectivity index (χ0) is 13.2. The smallest absolute Gasteiger partial charge is 0.468 e. The van der Waals surface area contributed by atoms with E-state index in [1.54, 1.807) is 0 Å². The fourth-order valence-corrected chi connectivity index (χ4v) is 1.37. The van der Waals surface area contributed by atoms with Crippen molar-refractivity contribution in [1.82, 2.24) is 4.98 Å². The molecule has 0 unspecified atom stereocenters. The number of aliphatic hydroxyl groups excluding tert-OH is 1. The number of halogens is 3. The number of aliphatic hydroxyl groups is 1. The van der Waals surface area contributed by atoms with Gasteiger partial charge in [0, 0.05) is 19.1 Å². The maximum atomic E-state index is 12.4. The Hall–Kier alpha value is -1.76. The quantitative estimate of drug-likeness (QED) is 0.859. The van der Waals surface area contributed by atoms with Crippen LogP contribution in [0.1, 0.15) is 12.3 Å². The van der Waals surface area contributed by atoms with Crippen LogP contribution < -0.4 is 4.74 Å². The van der Waals surface area contributed by atoms with Crippen LogP contribution in [0.3, 0.4) is 0 Å². The summed E-state index contributed by atoms with van der Waals surface area (Å²) in [7, 11) is 0. The molecule has 0 amide bonds. The summed E-state index contributed by atoms with van der Waals surface area (Å²) >= 11 is 0. The first-order valence-corrected chi connectivity index (χ1v) is 5.22. The lowest BCUT2D eigenvalue weighted by Gasteiger charge is -2.03. The lowest BCUT2D eigenvalue weighted by Crippen LogP contribution is -2.04. The monoisotopic (exact) mass is 261 g/mol. The van der Waals surface area contributed by atoms with Crippen LogP contribution in [-0.4, -0.2) is 23.3 Å². The molecule has 0 aliphatic heterocycles. The van der Waals surface area contributed by atoms with E-state index in [4.69, 9.17) is 9.84 Å². The van der Waals surface area contributed by atoms with E-state index < -0.39 is 12.1 Å². The fraction of sp³-hybridized carbons (Fsp3) is 0.364. The second kappa shape index (κ2) is 4.85. The number of hydrogen-bond acceptors (Lipinski definition) is 4. The highest BCUT2D eigenvalue weighted by molar-refractivity contribution is 5.74. The first-order valence-electron chi connectivity index (χ1n) is 5.22. The highest BCUT2D eigenvalue weighted by Gasteiger charge is 2.37. The van der Waals surface area contributed by atoms with Crippen LogP contribution in [0.4, 0.5) is 13.2 Å². The molecule has 4 nitrogen and oxygen atoms in total. The summed E-state index contributed by atoms with van der Waals surface area (Å²) in [5.41, 5.74) is 0.139. The Morgan fingerprint density at radius 3 is 2.78 bits per heavy atom. The molecule has 7 heteroatoms. The third kappa shape index (κ3) is 2.73. The van der Waals surface area contributed by atoms with Gasteiger partial charge in [-0.2, -0.15) is 13.2 Å². The molecule has 0 saturated carbocycles. The van der Waals surface area contributed by atoms with Crippen molar-refractivity contribution in [1.29, 1.82) is 0 Å². The fourth-order valence-electron chi connectivity index (χ4n) is 1.37. The van der Waals surface area contributed by atoms with Gasteiger partial charge in [-0.1, -0.05) is 0 Å². The van der Waals surface area contributed by atoms with Gasteiger partial charge in [-0.15, -0.1) is 0 Å². The first-order chi connectivity index (χ1) is 8.50. The molecular formula is C11H10F3NO3. The molecule has 18 heavy (non-hydrogen) atoms. The van der Waals surface area contributed by atoms with Crippen molar-refractivity contribution in [2.45, 2.75) is 12.6 Å². The molecule has 0 radical (unpaired) electrons. The molecule has 0 spiro atoms. The largest absolute Gasteiger partial charge is 0.493 e. The van der Waals surface area contributed by atoms with E-state index in [1.807, 2.05) is 0 Å². The number of hydrogen-bond donors (Lipinski definition) is 1. The SMILES string of the molecule is OCCCOc1ccc2nc(C(F)(F)F)oc2c1. The minimum absolute atomic E-state index is 0.0111. The van der Waals surface area contributed by atoms with Crippen LogP contribution in [0.15, 0.2) is 22.6 Å². The summed E-state index contributed by atoms with van der Waals surface area (Å²) in [5.74, 6) is -0.897. The van der Waals surface area contributed by atoms with Crippen molar-refractivity contribution >= 4 is 11.1 Å². The molecule has 0 aliphatic carbocycles. The summed E-state index contributed by atoms with van der Waals surface area (Å²) in [6, 6.07) is 4.24. The van der Waals surface area contributed by atoms with Crippen molar-refractivity contribution in [3.05, 3.63) is 24.1 Å². The van der Waals surface area contributed by atoms with Crippen molar-refractivity contribution in [3.63, 3.8) is 0 Å². The number of alkyl halides is 3. The van der Waals surface area contributed by atoms with Crippen LogP contribution in [0, 0.1) is 0 Å². The van der Waals surface area contributed by atoms with Crippen LogP contribution in [0.25, 0.3) is 11.1 Å². The zero-order valence-electron chi connectivity index (χ0n) is 9.20. The summed E-state index contributed by atoms with van der Waals surface area (Å²) in [6.45, 7) is 0.269. The van der Waals surface area contributed by atoms with Gasteiger partial charge in [0.15, 0.2) is 5.58 Å². The average Bonchev–Trinajstić information content (AvgIpc) is 2.72. The number of aromatic nitrogens is 1. The molecule has 1 aromatic heterocycles. The third-order valence-corrected chi connectivity index (χ3v) is 2.17. The van der Waals surface area contributed by atoms with E-state index in [0.717, 1.165) is 0 Å². The Balaban J connectivity index is 2.23. The van der Waals surface area contributed by atoms with E-state index in [9.17, 15) is 13.2 Å². The van der Waals surface area contributed by atoms with Gasteiger partial charge in [-0.25, -0.2) is 4.98 Å². The summed E-state index contributed by atoms with van der Waals surface area (Å²) in [6.07, 6.45) is -4.15. The Morgan fingerprint density at radius 1 is 1.33 bits per heavy atom. The van der Waals surface area contributed by atoms with E-state index >= 15 is 0 Å². The van der Waals surface area contributed by atoms with Gasteiger partial charge in [0.05, 0.1) is 6.61 Å². The number of rotatable bonds is 4. The Morgan fingerprint density at radius 2 is 2.11 bits per heavy atom. The van der Waals surface area contributed by atoms with Crippen LogP contribution in [0.2, 0.25) is 0 Å². The van der Waals surface area contributed by atoms with E-state index in [0.29, 0.717) is 12.2 Å². The summed E-state index contributed by atoms with van der Waals surface area (Å²) in [4.78, 5) is 3.33. The number of fused-ring (bicyclic) bond motifs is 1. The molecule has 1 aromatic carbocycles. The molecular weight excluding hydrogens is 251 g/mol. The summed E-state index contributed by atoms with van der Waals surface area (Å²) in [5, 5.41) is 8.58. The van der Waals surface area contributed by atoms with Crippen molar-refractivity contribution in [2.75, 3.05) is 13.2 Å². The number of benzene rings is 1. The molecule has 2 aromatic rings. The predicted molar refractivity (Wildman–Crippen MR) is 56.2 cm³/mol. The van der Waals surface area contributed by atoms with Gasteiger partial charge in [0.25, 0.3) is 0 Å². The second-order valence-corrected chi connectivity index (χ2v) is 3.57. The maximum Gasteiger partial charge on any atom is 0.468 e. The van der Waals surface area contributed by atoms with Crippen LogP contribution >= 0.6 is 0 Å². The summed E-state index contributed by atoms with van der Waals surface area (Å²) < 4.78 is 46.9. The third-order valence-electron chi connectivity index (χ3n) is 2.17. The lowest BCUT2D eigenvalue weighted by molar-refractivity contribution is -0.156. The highest BCUT2D eigenvalue weighted by atomic mass is 19.4. The molecule has 1 N–H and O–H groups in total. The minimum Gasteiger partial charge on any atom is -0.493 e. The standard InChI is InChI=1S/C11H10F3NO3/c12-11(13,14)10-15-8-3-2-7(6-9(8)18-10)17-5-1-4-16/h2-3,6,16H,1,4-5H2.